The van der Waals surface area contributed by atoms with Crippen molar-refractivity contribution in [1.82, 2.24) is 9.21 Å². The second kappa shape index (κ2) is 5.26. The summed E-state index contributed by atoms with van der Waals surface area (Å²) < 4.78 is 27.4. The molecule has 3 aliphatic rings. The van der Waals surface area contributed by atoms with Crippen LogP contribution in [-0.2, 0) is 14.8 Å². The first-order chi connectivity index (χ1) is 10.1. The van der Waals surface area contributed by atoms with Crippen molar-refractivity contribution in [2.75, 3.05) is 39.0 Å². The standard InChI is InChI=1S/C15H25BrN2O3S/c1-14-5-4-11(12(16)13(14)19)15(14,2)10-22(20,21)18-8-6-17(3)7-9-18/h11-12H,4-10H2,1-3H3/t11-,12+,14-,15-/m1/s1. The minimum Gasteiger partial charge on any atom is -0.304 e. The van der Waals surface area contributed by atoms with E-state index in [4.69, 9.17) is 0 Å². The zero-order valence-electron chi connectivity index (χ0n) is 13.5. The first-order valence-electron chi connectivity index (χ1n) is 7.97. The summed E-state index contributed by atoms with van der Waals surface area (Å²) in [7, 11) is -1.31. The van der Waals surface area contributed by atoms with Crippen LogP contribution in [0.1, 0.15) is 26.7 Å². The molecule has 3 rings (SSSR count). The van der Waals surface area contributed by atoms with Gasteiger partial charge in [-0.05, 0) is 31.2 Å². The van der Waals surface area contributed by atoms with Crippen LogP contribution in [0.3, 0.4) is 0 Å². The van der Waals surface area contributed by atoms with Crippen LogP contribution in [0, 0.1) is 16.7 Å². The van der Waals surface area contributed by atoms with Gasteiger partial charge in [-0.1, -0.05) is 29.8 Å². The number of carbonyl (C=O) groups is 1. The molecule has 126 valence electrons. The van der Waals surface area contributed by atoms with E-state index in [0.717, 1.165) is 25.9 Å². The Balaban J connectivity index is 1.85. The fraction of sp³-hybridized carbons (Fsp3) is 0.933. The molecule has 0 N–H and O–H groups in total. The quantitative estimate of drug-likeness (QED) is 0.679. The molecule has 0 radical (unpaired) electrons. The van der Waals surface area contributed by atoms with Crippen molar-refractivity contribution >= 4 is 31.7 Å². The van der Waals surface area contributed by atoms with Crippen LogP contribution < -0.4 is 0 Å². The largest absolute Gasteiger partial charge is 0.304 e. The maximum atomic E-state index is 12.9. The molecule has 5 nitrogen and oxygen atoms in total. The van der Waals surface area contributed by atoms with E-state index >= 15 is 0 Å². The van der Waals surface area contributed by atoms with Crippen LogP contribution in [0.5, 0.6) is 0 Å². The van der Waals surface area contributed by atoms with Crippen molar-refractivity contribution in [1.29, 1.82) is 0 Å². The summed E-state index contributed by atoms with van der Waals surface area (Å²) in [6.45, 7) is 6.64. The molecule has 3 fully saturated rings. The number of Topliss-reactive ketones (excluding diaryl/α,β-unsaturated/α-hetero) is 1. The maximum absolute atomic E-state index is 12.9. The number of sulfonamides is 1. The van der Waals surface area contributed by atoms with Gasteiger partial charge in [-0.3, -0.25) is 4.79 Å². The summed E-state index contributed by atoms with van der Waals surface area (Å²) >= 11 is 3.52. The molecular formula is C15H25BrN2O3S. The Morgan fingerprint density at radius 2 is 1.82 bits per heavy atom. The molecule has 0 aromatic rings. The molecule has 0 amide bonds. The number of piperazine rings is 1. The van der Waals surface area contributed by atoms with Crippen molar-refractivity contribution in [2.24, 2.45) is 16.7 Å². The molecule has 1 saturated heterocycles. The third kappa shape index (κ3) is 2.23. The lowest BCUT2D eigenvalue weighted by molar-refractivity contribution is -0.127. The van der Waals surface area contributed by atoms with Gasteiger partial charge in [0.15, 0.2) is 5.78 Å². The zero-order chi connectivity index (χ0) is 16.3. The van der Waals surface area contributed by atoms with Crippen LogP contribution >= 0.6 is 15.9 Å². The number of halogens is 1. The van der Waals surface area contributed by atoms with Gasteiger partial charge in [0.25, 0.3) is 0 Å². The van der Waals surface area contributed by atoms with Crippen LogP contribution in [0.15, 0.2) is 0 Å². The highest BCUT2D eigenvalue weighted by molar-refractivity contribution is 9.10. The predicted octanol–water partition coefficient (Wildman–Crippen LogP) is 1.33. The van der Waals surface area contributed by atoms with E-state index in [1.54, 1.807) is 4.31 Å². The van der Waals surface area contributed by atoms with Gasteiger partial charge in [-0.25, -0.2) is 8.42 Å². The van der Waals surface area contributed by atoms with Gasteiger partial charge in [-0.2, -0.15) is 4.31 Å². The second-order valence-electron chi connectivity index (χ2n) is 7.62. The number of hydrogen-bond acceptors (Lipinski definition) is 4. The fourth-order valence-corrected chi connectivity index (χ4v) is 8.17. The van der Waals surface area contributed by atoms with Crippen molar-refractivity contribution in [3.8, 4) is 0 Å². The Labute approximate surface area is 141 Å². The molecule has 0 aromatic heterocycles. The molecule has 2 saturated carbocycles. The van der Waals surface area contributed by atoms with Crippen molar-refractivity contribution in [3.05, 3.63) is 0 Å². The molecule has 2 aliphatic carbocycles. The number of likely N-dealkylation sites (N-methyl/N-ethyl adjacent to an activating group) is 1. The van der Waals surface area contributed by atoms with E-state index in [9.17, 15) is 13.2 Å². The third-order valence-electron chi connectivity index (χ3n) is 6.52. The number of ketones is 1. The van der Waals surface area contributed by atoms with Gasteiger partial charge < -0.3 is 4.90 Å². The molecular weight excluding hydrogens is 368 g/mol. The van der Waals surface area contributed by atoms with E-state index in [-0.39, 0.29) is 22.3 Å². The lowest BCUT2D eigenvalue weighted by Crippen LogP contribution is -2.51. The van der Waals surface area contributed by atoms with Gasteiger partial charge in [0, 0.05) is 31.6 Å². The smallest absolute Gasteiger partial charge is 0.214 e. The molecule has 7 heteroatoms. The summed E-state index contributed by atoms with van der Waals surface area (Å²) in [5, 5.41) is 0. The Kier molecular flexibility index (Phi) is 4.03. The molecule has 1 heterocycles. The van der Waals surface area contributed by atoms with Crippen molar-refractivity contribution in [2.45, 2.75) is 31.5 Å². The second-order valence-corrected chi connectivity index (χ2v) is 10.6. The fourth-order valence-electron chi connectivity index (χ4n) is 4.62. The van der Waals surface area contributed by atoms with Gasteiger partial charge in [0.05, 0.1) is 10.6 Å². The van der Waals surface area contributed by atoms with Gasteiger partial charge >= 0.3 is 0 Å². The zero-order valence-corrected chi connectivity index (χ0v) is 15.9. The lowest BCUT2D eigenvalue weighted by Gasteiger charge is -2.39. The molecule has 2 bridgehead atoms. The maximum Gasteiger partial charge on any atom is 0.214 e. The molecule has 0 unspecified atom stereocenters. The normalized spacial score (nSPS) is 43.9. The topological polar surface area (TPSA) is 57.7 Å². The monoisotopic (exact) mass is 392 g/mol. The summed E-state index contributed by atoms with van der Waals surface area (Å²) in [5.41, 5.74) is -0.966. The SMILES string of the molecule is CN1CCN(S(=O)(=O)C[C@]2(C)[C@@H]3CC[C@]2(C)C(=O)[C@H]3Br)CC1. The number of rotatable bonds is 3. The van der Waals surface area contributed by atoms with Crippen molar-refractivity contribution in [3.63, 3.8) is 0 Å². The Morgan fingerprint density at radius 3 is 2.32 bits per heavy atom. The van der Waals surface area contributed by atoms with E-state index in [1.165, 1.54) is 0 Å². The summed E-state index contributed by atoms with van der Waals surface area (Å²) in [4.78, 5) is 14.5. The minimum absolute atomic E-state index is 0.0960. The van der Waals surface area contributed by atoms with Crippen LogP contribution in [0.25, 0.3) is 0 Å². The Morgan fingerprint density at radius 1 is 1.23 bits per heavy atom. The lowest BCUT2D eigenvalue weighted by atomic mass is 9.70. The first-order valence-corrected chi connectivity index (χ1v) is 10.5. The molecule has 1 aliphatic heterocycles. The average Bonchev–Trinajstić information content (AvgIpc) is 2.75. The third-order valence-corrected chi connectivity index (χ3v) is 9.69. The number of fused-ring (bicyclic) bond motifs is 2. The van der Waals surface area contributed by atoms with Gasteiger partial charge in [0.1, 0.15) is 0 Å². The number of carbonyl (C=O) groups excluding carboxylic acids is 1. The minimum atomic E-state index is -3.33. The van der Waals surface area contributed by atoms with Crippen LogP contribution in [0.2, 0.25) is 0 Å². The predicted molar refractivity (Wildman–Crippen MR) is 89.5 cm³/mol. The van der Waals surface area contributed by atoms with E-state index in [0.29, 0.717) is 13.1 Å². The number of nitrogens with zero attached hydrogens (tertiary/aromatic N) is 2. The first kappa shape index (κ1) is 16.9. The number of alkyl halides is 1. The van der Waals surface area contributed by atoms with Crippen LogP contribution in [-0.4, -0.2) is 67.2 Å². The summed E-state index contributed by atoms with van der Waals surface area (Å²) in [6, 6.07) is 0. The molecule has 0 aromatic carbocycles. The van der Waals surface area contributed by atoms with E-state index < -0.39 is 20.9 Å². The highest BCUT2D eigenvalue weighted by Crippen LogP contribution is 2.65. The summed E-state index contributed by atoms with van der Waals surface area (Å²) in [6.07, 6.45) is 1.75. The highest BCUT2D eigenvalue weighted by atomic mass is 79.9. The van der Waals surface area contributed by atoms with Gasteiger partial charge in [0.2, 0.25) is 10.0 Å². The molecule has 0 spiro atoms. The van der Waals surface area contributed by atoms with E-state index in [1.807, 2.05) is 20.9 Å². The van der Waals surface area contributed by atoms with Gasteiger partial charge in [-0.15, -0.1) is 0 Å². The Hall–Kier alpha value is 0.0200. The number of hydrogen-bond donors (Lipinski definition) is 0. The van der Waals surface area contributed by atoms with E-state index in [2.05, 4.69) is 20.8 Å². The summed E-state index contributed by atoms with van der Waals surface area (Å²) in [5.74, 6) is 0.422. The molecule has 22 heavy (non-hydrogen) atoms. The van der Waals surface area contributed by atoms with Crippen molar-refractivity contribution < 1.29 is 13.2 Å². The molecule has 4 atom stereocenters. The Bertz CT molecular complexity index is 588. The highest BCUT2D eigenvalue weighted by Gasteiger charge is 2.68. The average molecular weight is 393 g/mol. The van der Waals surface area contributed by atoms with Crippen LogP contribution in [0.4, 0.5) is 0 Å².